The first-order valence-corrected chi connectivity index (χ1v) is 10.1. The van der Waals surface area contributed by atoms with E-state index in [0.29, 0.717) is 12.2 Å². The topological polar surface area (TPSA) is 102 Å². The van der Waals surface area contributed by atoms with Crippen molar-refractivity contribution >= 4 is 23.8 Å². The Morgan fingerprint density at radius 1 is 1.10 bits per heavy atom. The van der Waals surface area contributed by atoms with E-state index in [1.807, 2.05) is 0 Å². The van der Waals surface area contributed by atoms with Crippen molar-refractivity contribution in [3.05, 3.63) is 29.8 Å². The molecule has 31 heavy (non-hydrogen) atoms. The van der Waals surface area contributed by atoms with Gasteiger partial charge in [-0.25, -0.2) is 9.59 Å². The molecule has 0 aliphatic carbocycles. The summed E-state index contributed by atoms with van der Waals surface area (Å²) < 4.78 is 16.1. The minimum Gasteiger partial charge on any atom is -0.488 e. The maximum atomic E-state index is 12.6. The molecule has 9 nitrogen and oxygen atoms in total. The summed E-state index contributed by atoms with van der Waals surface area (Å²) in [5.74, 6) is -1.41. The zero-order chi connectivity index (χ0) is 23.3. The van der Waals surface area contributed by atoms with Gasteiger partial charge in [-0.1, -0.05) is 0 Å². The van der Waals surface area contributed by atoms with Gasteiger partial charge in [-0.2, -0.15) is 0 Å². The van der Waals surface area contributed by atoms with E-state index < -0.39 is 35.6 Å². The summed E-state index contributed by atoms with van der Waals surface area (Å²) in [6, 6.07) is 5.37. The van der Waals surface area contributed by atoms with E-state index in [1.165, 1.54) is 21.9 Å². The zero-order valence-electron chi connectivity index (χ0n) is 18.8. The summed E-state index contributed by atoms with van der Waals surface area (Å²) in [7, 11) is 3.26. The zero-order valence-corrected chi connectivity index (χ0v) is 18.8. The number of likely N-dealkylation sites (tertiary alicyclic amines) is 1. The molecule has 2 rings (SSSR count). The number of esters is 1. The molecule has 2 atom stereocenters. The van der Waals surface area contributed by atoms with Crippen LogP contribution in [0, 0.1) is 0 Å². The van der Waals surface area contributed by atoms with Gasteiger partial charge in [0.05, 0.1) is 13.2 Å². The van der Waals surface area contributed by atoms with Crippen LogP contribution in [0.25, 0.3) is 0 Å². The maximum Gasteiger partial charge on any atom is 0.411 e. The Kier molecular flexibility index (Phi) is 7.65. The molecule has 2 amide bonds. The second kappa shape index (κ2) is 9.80. The lowest BCUT2D eigenvalue weighted by molar-refractivity contribution is -0.137. The molecule has 170 valence electrons. The number of rotatable bonds is 6. The van der Waals surface area contributed by atoms with Gasteiger partial charge >= 0.3 is 12.1 Å². The minimum atomic E-state index is -0.912. The van der Waals surface area contributed by atoms with E-state index in [9.17, 15) is 19.2 Å². The maximum absolute atomic E-state index is 12.6. The van der Waals surface area contributed by atoms with Crippen LogP contribution in [0.4, 0.5) is 4.79 Å². The first-order valence-electron chi connectivity index (χ1n) is 10.1. The van der Waals surface area contributed by atoms with E-state index in [-0.39, 0.29) is 24.6 Å². The highest BCUT2D eigenvalue weighted by Gasteiger charge is 2.43. The number of carbonyl (C=O) groups excluding carboxylic acids is 4. The van der Waals surface area contributed by atoms with Gasteiger partial charge in [0, 0.05) is 26.1 Å². The molecule has 0 unspecified atom stereocenters. The molecule has 1 aliphatic heterocycles. The smallest absolute Gasteiger partial charge is 0.411 e. The first-order chi connectivity index (χ1) is 14.4. The molecule has 0 bridgehead atoms. The molecule has 1 fully saturated rings. The fraction of sp³-hybridized carbons (Fsp3) is 0.545. The normalized spacial score (nSPS) is 18.3. The van der Waals surface area contributed by atoms with E-state index in [0.717, 1.165) is 0 Å². The Morgan fingerprint density at radius 2 is 1.71 bits per heavy atom. The molecule has 0 radical (unpaired) electrons. The van der Waals surface area contributed by atoms with Gasteiger partial charge in [0.1, 0.15) is 23.5 Å². The monoisotopic (exact) mass is 434 g/mol. The Hall–Kier alpha value is -3.10. The molecule has 0 saturated carbocycles. The van der Waals surface area contributed by atoms with Gasteiger partial charge in [0.15, 0.2) is 0 Å². The lowest BCUT2D eigenvalue weighted by Gasteiger charge is -2.28. The molecule has 1 saturated heterocycles. The van der Waals surface area contributed by atoms with Crippen LogP contribution in [0.5, 0.6) is 5.75 Å². The van der Waals surface area contributed by atoms with Gasteiger partial charge < -0.3 is 19.1 Å². The van der Waals surface area contributed by atoms with Gasteiger partial charge in [-0.05, 0) is 52.0 Å². The van der Waals surface area contributed by atoms with Crippen LogP contribution in [0.1, 0.15) is 44.5 Å². The van der Waals surface area contributed by atoms with Crippen molar-refractivity contribution in [1.82, 2.24) is 9.80 Å². The molecule has 1 aromatic carbocycles. The number of hydrogen-bond acceptors (Lipinski definition) is 7. The molecule has 0 aromatic heterocycles. The number of ketones is 1. The van der Waals surface area contributed by atoms with E-state index in [4.69, 9.17) is 14.2 Å². The fourth-order valence-electron chi connectivity index (χ4n) is 3.13. The number of likely N-dealkylation sites (N-methyl/N-ethyl adjacent to an activating group) is 1. The largest absolute Gasteiger partial charge is 0.488 e. The molecular formula is C22H30N2O7. The minimum absolute atomic E-state index is 0.119. The van der Waals surface area contributed by atoms with Crippen molar-refractivity contribution in [2.45, 2.75) is 51.9 Å². The van der Waals surface area contributed by atoms with Crippen LogP contribution in [0.3, 0.4) is 0 Å². The third-order valence-corrected chi connectivity index (χ3v) is 4.50. The van der Waals surface area contributed by atoms with E-state index >= 15 is 0 Å². The highest BCUT2D eigenvalue weighted by molar-refractivity contribution is 6.40. The molecule has 9 heteroatoms. The molecule has 1 aromatic rings. The van der Waals surface area contributed by atoms with Gasteiger partial charge in [-0.3, -0.25) is 14.5 Å². The van der Waals surface area contributed by atoms with Crippen LogP contribution in [0.15, 0.2) is 24.3 Å². The SMILES string of the molecule is CCOC(=O)C(=O)c1ccc(O[C@H]2C[C@@H](C(=O)N(C)C)N(C(=O)OC(C)(C)C)C2)cc1. The highest BCUT2D eigenvalue weighted by Crippen LogP contribution is 2.26. The van der Waals surface area contributed by atoms with Gasteiger partial charge in [0.25, 0.3) is 5.78 Å². The molecule has 1 heterocycles. The average Bonchev–Trinajstić information content (AvgIpc) is 3.10. The predicted molar refractivity (Wildman–Crippen MR) is 112 cm³/mol. The number of carbonyl (C=O) groups is 4. The van der Waals surface area contributed by atoms with E-state index in [2.05, 4.69) is 0 Å². The highest BCUT2D eigenvalue weighted by atomic mass is 16.6. The second-order valence-corrected chi connectivity index (χ2v) is 8.43. The number of Topliss-reactive ketones (excluding diaryl/α,β-unsaturated/α-hetero) is 1. The number of hydrogen-bond donors (Lipinski definition) is 0. The van der Waals surface area contributed by atoms with E-state index in [1.54, 1.807) is 53.9 Å². The lowest BCUT2D eigenvalue weighted by Crippen LogP contribution is -2.47. The fourth-order valence-corrected chi connectivity index (χ4v) is 3.13. The third kappa shape index (κ3) is 6.44. The second-order valence-electron chi connectivity index (χ2n) is 8.43. The number of nitrogens with zero attached hydrogens (tertiary/aromatic N) is 2. The predicted octanol–water partition coefficient (Wildman–Crippen LogP) is 2.28. The molecule has 0 spiro atoms. The standard InChI is InChI=1S/C22H30N2O7/c1-7-29-20(27)18(25)14-8-10-15(11-9-14)30-16-12-17(19(26)23(5)6)24(13-16)21(28)31-22(2,3)4/h8-11,16-17H,7,12-13H2,1-6H3/t16-,17-/m0/s1. The van der Waals surface area contributed by atoms with Crippen LogP contribution < -0.4 is 4.74 Å². The Labute approximate surface area is 182 Å². The van der Waals surface area contributed by atoms with Gasteiger partial charge in [0.2, 0.25) is 5.91 Å². The average molecular weight is 434 g/mol. The molecular weight excluding hydrogens is 404 g/mol. The molecule has 1 aliphatic rings. The summed E-state index contributed by atoms with van der Waals surface area (Å²) in [5.41, 5.74) is -0.503. The summed E-state index contributed by atoms with van der Waals surface area (Å²) in [5, 5.41) is 0. The van der Waals surface area contributed by atoms with Crippen molar-refractivity contribution in [3.63, 3.8) is 0 Å². The van der Waals surface area contributed by atoms with Crippen molar-refractivity contribution in [2.75, 3.05) is 27.2 Å². The number of ether oxygens (including phenoxy) is 3. The van der Waals surface area contributed by atoms with Gasteiger partial charge in [-0.15, -0.1) is 0 Å². The quantitative estimate of drug-likeness (QED) is 0.384. The van der Waals surface area contributed by atoms with Crippen LogP contribution >= 0.6 is 0 Å². The number of benzene rings is 1. The third-order valence-electron chi connectivity index (χ3n) is 4.50. The molecule has 0 N–H and O–H groups in total. The first kappa shape index (κ1) is 24.2. The van der Waals surface area contributed by atoms with Crippen LogP contribution in [0.2, 0.25) is 0 Å². The van der Waals surface area contributed by atoms with Crippen LogP contribution in [-0.4, -0.2) is 78.5 Å². The van der Waals surface area contributed by atoms with Crippen molar-refractivity contribution in [2.24, 2.45) is 0 Å². The summed E-state index contributed by atoms with van der Waals surface area (Å²) in [4.78, 5) is 51.6. The Morgan fingerprint density at radius 3 is 2.23 bits per heavy atom. The van der Waals surface area contributed by atoms with Crippen molar-refractivity contribution in [1.29, 1.82) is 0 Å². The Bertz CT molecular complexity index is 827. The number of amides is 2. The van der Waals surface area contributed by atoms with Crippen molar-refractivity contribution < 1.29 is 33.4 Å². The summed E-state index contributed by atoms with van der Waals surface area (Å²) in [6.45, 7) is 7.21. The van der Waals surface area contributed by atoms with Crippen molar-refractivity contribution in [3.8, 4) is 5.75 Å². The summed E-state index contributed by atoms with van der Waals surface area (Å²) in [6.07, 6.45) is -0.707. The summed E-state index contributed by atoms with van der Waals surface area (Å²) >= 11 is 0. The Balaban J connectivity index is 2.11. The lowest BCUT2D eigenvalue weighted by atomic mass is 10.1. The van der Waals surface area contributed by atoms with Crippen LogP contribution in [-0.2, 0) is 19.1 Å².